The van der Waals surface area contributed by atoms with E-state index in [2.05, 4.69) is 81.8 Å². The van der Waals surface area contributed by atoms with E-state index in [0.717, 1.165) is 29.9 Å². The van der Waals surface area contributed by atoms with E-state index in [4.69, 9.17) is 0 Å². The minimum Gasteiger partial charge on any atom is -0.256 e. The van der Waals surface area contributed by atoms with Gasteiger partial charge in [0.2, 0.25) is 0 Å². The lowest BCUT2D eigenvalue weighted by Crippen LogP contribution is -2.05. The highest BCUT2D eigenvalue weighted by atomic mass is 32.2. The van der Waals surface area contributed by atoms with Crippen LogP contribution in [0.3, 0.4) is 0 Å². The first-order chi connectivity index (χ1) is 13.9. The van der Waals surface area contributed by atoms with E-state index in [0.29, 0.717) is 0 Å². The Morgan fingerprint density at radius 3 is 2.48 bits per heavy atom. The topological polar surface area (TPSA) is 12.9 Å². The highest BCUT2D eigenvalue weighted by molar-refractivity contribution is 7.99. The SMILES string of the molecule is C=C1/C=C(CC(C)(C)C)\C=C/CSc2c1ccc(CC)c2-c1ccccn1.CC. The Hall–Kier alpha value is -2.06. The van der Waals surface area contributed by atoms with E-state index in [9.17, 15) is 0 Å². The van der Waals surface area contributed by atoms with Crippen molar-refractivity contribution in [1.82, 2.24) is 4.98 Å². The van der Waals surface area contributed by atoms with Crippen LogP contribution in [0, 0.1) is 5.41 Å². The molecule has 0 aliphatic carbocycles. The number of rotatable bonds is 3. The van der Waals surface area contributed by atoms with Crippen LogP contribution in [0.4, 0.5) is 0 Å². The van der Waals surface area contributed by atoms with Crippen molar-refractivity contribution < 1.29 is 0 Å². The van der Waals surface area contributed by atoms with Crippen molar-refractivity contribution >= 4 is 17.3 Å². The smallest absolute Gasteiger partial charge is 0.0716 e. The zero-order valence-electron chi connectivity index (χ0n) is 18.9. The number of hydrogen-bond acceptors (Lipinski definition) is 2. The Labute approximate surface area is 182 Å². The maximum atomic E-state index is 4.66. The van der Waals surface area contributed by atoms with Gasteiger partial charge in [-0.25, -0.2) is 0 Å². The molecule has 1 nitrogen and oxygen atoms in total. The molecule has 0 radical (unpaired) electrons. The lowest BCUT2D eigenvalue weighted by molar-refractivity contribution is 0.413. The van der Waals surface area contributed by atoms with Gasteiger partial charge in [0.15, 0.2) is 0 Å². The van der Waals surface area contributed by atoms with Gasteiger partial charge in [-0.1, -0.05) is 84.5 Å². The fourth-order valence-electron chi connectivity index (χ4n) is 3.52. The van der Waals surface area contributed by atoms with E-state index in [1.165, 1.54) is 27.2 Å². The standard InChI is InChI=1S/C25H29NS.C2H6/c1-6-20-12-13-21-18(2)16-19(17-25(3,4)5)10-9-15-27-24(21)23(20)22-11-7-8-14-26-22;1-2/h7-14,16H,2,6,15,17H2,1,3-5H3;1-2H3/b10-9-,19-16+;. The molecule has 0 saturated carbocycles. The molecule has 2 heterocycles. The molecule has 1 aliphatic rings. The van der Waals surface area contributed by atoms with Crippen molar-refractivity contribution in [2.45, 2.75) is 59.3 Å². The van der Waals surface area contributed by atoms with Crippen molar-refractivity contribution in [2.24, 2.45) is 5.41 Å². The van der Waals surface area contributed by atoms with Gasteiger partial charge in [0.05, 0.1) is 5.69 Å². The van der Waals surface area contributed by atoms with Gasteiger partial charge in [-0.2, -0.15) is 0 Å². The fourth-order valence-corrected chi connectivity index (χ4v) is 4.61. The van der Waals surface area contributed by atoms with Crippen LogP contribution in [-0.2, 0) is 6.42 Å². The summed E-state index contributed by atoms with van der Waals surface area (Å²) in [6.45, 7) is 17.5. The molecule has 154 valence electrons. The zero-order valence-corrected chi connectivity index (χ0v) is 19.7. The van der Waals surface area contributed by atoms with E-state index in [1.54, 1.807) is 0 Å². The van der Waals surface area contributed by atoms with E-state index in [-0.39, 0.29) is 5.41 Å². The molecule has 3 rings (SSSR count). The summed E-state index contributed by atoms with van der Waals surface area (Å²) in [4.78, 5) is 5.96. The molecule has 29 heavy (non-hydrogen) atoms. The molecule has 0 N–H and O–H groups in total. The van der Waals surface area contributed by atoms with Gasteiger partial charge in [-0.15, -0.1) is 11.8 Å². The number of nitrogens with zero attached hydrogens (tertiary/aromatic N) is 1. The third kappa shape index (κ3) is 6.21. The highest BCUT2D eigenvalue weighted by Crippen LogP contribution is 2.41. The number of allylic oxidation sites excluding steroid dienone is 4. The van der Waals surface area contributed by atoms with Crippen molar-refractivity contribution in [2.75, 3.05) is 5.75 Å². The molecule has 0 saturated heterocycles. The Morgan fingerprint density at radius 2 is 1.86 bits per heavy atom. The molecular formula is C27H35NS. The number of hydrogen-bond donors (Lipinski definition) is 0. The molecule has 0 atom stereocenters. The monoisotopic (exact) mass is 405 g/mol. The minimum absolute atomic E-state index is 0.256. The number of benzene rings is 1. The predicted molar refractivity (Wildman–Crippen MR) is 131 cm³/mol. The van der Waals surface area contributed by atoms with Gasteiger partial charge in [0, 0.05) is 22.4 Å². The van der Waals surface area contributed by atoms with Gasteiger partial charge in [0.25, 0.3) is 0 Å². The molecule has 1 aliphatic heterocycles. The van der Waals surface area contributed by atoms with Crippen LogP contribution in [0.25, 0.3) is 16.8 Å². The van der Waals surface area contributed by atoms with Crippen LogP contribution in [0.5, 0.6) is 0 Å². The van der Waals surface area contributed by atoms with Crippen LogP contribution >= 0.6 is 11.8 Å². The summed E-state index contributed by atoms with van der Waals surface area (Å²) in [6, 6.07) is 10.6. The molecule has 0 amide bonds. The van der Waals surface area contributed by atoms with Gasteiger partial charge in [-0.05, 0) is 52.7 Å². The van der Waals surface area contributed by atoms with Crippen LogP contribution in [0.2, 0.25) is 0 Å². The quantitative estimate of drug-likeness (QED) is 0.508. The number of thioether (sulfide) groups is 1. The summed E-state index contributed by atoms with van der Waals surface area (Å²) in [7, 11) is 0. The normalized spacial score (nSPS) is 16.9. The number of fused-ring (bicyclic) bond motifs is 1. The first-order valence-corrected chi connectivity index (χ1v) is 11.6. The van der Waals surface area contributed by atoms with Gasteiger partial charge in [-0.3, -0.25) is 4.98 Å². The minimum atomic E-state index is 0.256. The maximum absolute atomic E-state index is 4.66. The Bertz CT molecular complexity index is 883. The van der Waals surface area contributed by atoms with Crippen molar-refractivity contribution in [3.8, 4) is 11.3 Å². The Kier molecular flexibility index (Phi) is 8.52. The molecular weight excluding hydrogens is 370 g/mol. The fraction of sp³-hybridized carbons (Fsp3) is 0.370. The van der Waals surface area contributed by atoms with Crippen molar-refractivity contribution in [3.05, 3.63) is 78.0 Å². The van der Waals surface area contributed by atoms with Gasteiger partial charge in [0.1, 0.15) is 0 Å². The molecule has 1 aromatic heterocycles. The van der Waals surface area contributed by atoms with E-state index >= 15 is 0 Å². The molecule has 0 spiro atoms. The van der Waals surface area contributed by atoms with Crippen LogP contribution in [0.15, 0.2) is 71.8 Å². The average Bonchev–Trinajstić information content (AvgIpc) is 2.77. The summed E-state index contributed by atoms with van der Waals surface area (Å²) in [6.07, 6.45) is 10.7. The summed E-state index contributed by atoms with van der Waals surface area (Å²) >= 11 is 1.89. The third-order valence-electron chi connectivity index (χ3n) is 4.64. The van der Waals surface area contributed by atoms with Crippen LogP contribution < -0.4 is 0 Å². The summed E-state index contributed by atoms with van der Waals surface area (Å²) in [5.74, 6) is 0.953. The largest absolute Gasteiger partial charge is 0.256 e. The first kappa shape index (κ1) is 23.2. The lowest BCUT2D eigenvalue weighted by Gasteiger charge is -2.20. The predicted octanol–water partition coefficient (Wildman–Crippen LogP) is 8.37. The highest BCUT2D eigenvalue weighted by Gasteiger charge is 2.18. The van der Waals surface area contributed by atoms with Crippen molar-refractivity contribution in [3.63, 3.8) is 0 Å². The van der Waals surface area contributed by atoms with Crippen LogP contribution in [-0.4, -0.2) is 10.7 Å². The number of aryl methyl sites for hydroxylation is 1. The van der Waals surface area contributed by atoms with Crippen molar-refractivity contribution in [1.29, 1.82) is 0 Å². The van der Waals surface area contributed by atoms with E-state index < -0.39 is 0 Å². The summed E-state index contributed by atoms with van der Waals surface area (Å²) in [5.41, 5.74) is 7.58. The first-order valence-electron chi connectivity index (χ1n) is 10.7. The Balaban J connectivity index is 0.00000145. The number of pyridine rings is 1. The number of aromatic nitrogens is 1. The van der Waals surface area contributed by atoms with Gasteiger partial charge < -0.3 is 0 Å². The Morgan fingerprint density at radius 1 is 1.10 bits per heavy atom. The molecule has 0 bridgehead atoms. The van der Waals surface area contributed by atoms with Crippen LogP contribution in [0.1, 0.15) is 59.1 Å². The molecule has 0 unspecified atom stereocenters. The van der Waals surface area contributed by atoms with E-state index in [1.807, 2.05) is 37.9 Å². The molecule has 2 aromatic rings. The lowest BCUT2D eigenvalue weighted by atomic mass is 9.86. The zero-order chi connectivity index (χ0) is 21.4. The average molecular weight is 406 g/mol. The second kappa shape index (κ2) is 10.6. The summed E-state index contributed by atoms with van der Waals surface area (Å²) < 4.78 is 0. The second-order valence-corrected chi connectivity index (χ2v) is 9.27. The van der Waals surface area contributed by atoms with Gasteiger partial charge >= 0.3 is 0 Å². The summed E-state index contributed by atoms with van der Waals surface area (Å²) in [5, 5.41) is 0. The molecule has 1 aromatic carbocycles. The second-order valence-electron chi connectivity index (χ2n) is 8.24. The maximum Gasteiger partial charge on any atom is 0.0716 e. The molecule has 0 fully saturated rings. The third-order valence-corrected chi connectivity index (χ3v) is 5.71. The molecule has 2 heteroatoms.